The van der Waals surface area contributed by atoms with Gasteiger partial charge < -0.3 is 4.74 Å². The Kier molecular flexibility index (Phi) is 5.64. The Morgan fingerprint density at radius 2 is 1.79 bits per heavy atom. The van der Waals surface area contributed by atoms with Crippen LogP contribution in [0.3, 0.4) is 0 Å². The fourth-order valence-electron chi connectivity index (χ4n) is 3.97. The molecule has 2 aromatic rings. The summed E-state index contributed by atoms with van der Waals surface area (Å²) in [6, 6.07) is 11.8. The summed E-state index contributed by atoms with van der Waals surface area (Å²) in [6.45, 7) is 13.6. The van der Waals surface area contributed by atoms with E-state index >= 15 is 0 Å². The van der Waals surface area contributed by atoms with Gasteiger partial charge in [0.25, 0.3) is 0 Å². The molecule has 2 nitrogen and oxygen atoms in total. The number of esters is 1. The normalized spacial score (nSPS) is 16.5. The molecule has 0 bridgehead atoms. The molecular formula is C25H28O2S. The third kappa shape index (κ3) is 4.45. The predicted molar refractivity (Wildman–Crippen MR) is 117 cm³/mol. The van der Waals surface area contributed by atoms with Crippen LogP contribution in [0, 0.1) is 18.8 Å². The van der Waals surface area contributed by atoms with Crippen molar-refractivity contribution < 1.29 is 9.53 Å². The number of rotatable bonds is 2. The summed E-state index contributed by atoms with van der Waals surface area (Å²) in [5.74, 6) is 6.28. The Hall–Kier alpha value is -2.18. The number of aryl methyl sites for hydroxylation is 1. The second-order valence-electron chi connectivity index (χ2n) is 8.63. The van der Waals surface area contributed by atoms with Gasteiger partial charge in [0, 0.05) is 20.8 Å². The molecule has 1 heterocycles. The van der Waals surface area contributed by atoms with E-state index in [-0.39, 0.29) is 16.1 Å². The SMILES string of the molecule is CCOC(=O)c1ccc(C#Cc2cc3c(cc2C)SC(C)(C)CC3(C)C)cc1. The van der Waals surface area contributed by atoms with Crippen molar-refractivity contribution in [1.29, 1.82) is 0 Å². The summed E-state index contributed by atoms with van der Waals surface area (Å²) in [5, 5.41) is 0. The Bertz CT molecular complexity index is 957. The number of benzene rings is 2. The zero-order valence-electron chi connectivity index (χ0n) is 17.6. The highest BCUT2D eigenvalue weighted by Crippen LogP contribution is 2.51. The Morgan fingerprint density at radius 3 is 2.43 bits per heavy atom. The highest BCUT2D eigenvalue weighted by atomic mass is 32.2. The van der Waals surface area contributed by atoms with Gasteiger partial charge in [0.1, 0.15) is 0 Å². The van der Waals surface area contributed by atoms with E-state index in [1.165, 1.54) is 16.0 Å². The standard InChI is InChI=1S/C25H28O2S/c1-7-27-23(26)19-11-8-18(9-12-19)10-13-20-15-21-22(14-17(20)2)28-25(5,6)16-24(21,3)4/h8-9,11-12,14-15H,7,16H2,1-6H3. The minimum Gasteiger partial charge on any atom is -0.462 e. The quantitative estimate of drug-likeness (QED) is 0.455. The average molecular weight is 393 g/mol. The smallest absolute Gasteiger partial charge is 0.338 e. The fourth-order valence-corrected chi connectivity index (χ4v) is 5.68. The van der Waals surface area contributed by atoms with Crippen molar-refractivity contribution in [3.8, 4) is 11.8 Å². The molecule has 146 valence electrons. The molecule has 3 rings (SSSR count). The number of hydrogen-bond donors (Lipinski definition) is 0. The maximum Gasteiger partial charge on any atom is 0.338 e. The van der Waals surface area contributed by atoms with Crippen LogP contribution in [-0.4, -0.2) is 17.3 Å². The summed E-state index contributed by atoms with van der Waals surface area (Å²) >= 11 is 1.97. The number of ether oxygens (including phenoxy) is 1. The van der Waals surface area contributed by atoms with E-state index < -0.39 is 0 Å². The van der Waals surface area contributed by atoms with Gasteiger partial charge in [0.15, 0.2) is 0 Å². The Balaban J connectivity index is 1.90. The van der Waals surface area contributed by atoms with Crippen molar-refractivity contribution in [3.63, 3.8) is 0 Å². The van der Waals surface area contributed by atoms with E-state index in [2.05, 4.69) is 58.6 Å². The van der Waals surface area contributed by atoms with Crippen LogP contribution in [0.1, 0.15) is 73.7 Å². The van der Waals surface area contributed by atoms with Crippen LogP contribution in [0.15, 0.2) is 41.3 Å². The lowest BCUT2D eigenvalue weighted by atomic mass is 9.76. The van der Waals surface area contributed by atoms with Gasteiger partial charge in [-0.25, -0.2) is 4.79 Å². The van der Waals surface area contributed by atoms with Crippen LogP contribution in [-0.2, 0) is 10.2 Å². The van der Waals surface area contributed by atoms with Crippen LogP contribution in [0.4, 0.5) is 0 Å². The van der Waals surface area contributed by atoms with Gasteiger partial charge >= 0.3 is 5.97 Å². The number of carbonyl (C=O) groups excluding carboxylic acids is 1. The molecule has 0 fully saturated rings. The largest absolute Gasteiger partial charge is 0.462 e. The first kappa shape index (κ1) is 20.6. The minimum absolute atomic E-state index is 0.134. The Labute approximate surface area is 173 Å². The molecule has 0 amide bonds. The van der Waals surface area contributed by atoms with E-state index in [4.69, 9.17) is 4.74 Å². The number of fused-ring (bicyclic) bond motifs is 1. The first-order valence-electron chi connectivity index (χ1n) is 9.75. The molecule has 0 aliphatic carbocycles. The maximum absolute atomic E-state index is 11.8. The van der Waals surface area contributed by atoms with E-state index in [1.807, 2.05) is 23.9 Å². The highest BCUT2D eigenvalue weighted by molar-refractivity contribution is 8.00. The molecular weight excluding hydrogens is 364 g/mol. The topological polar surface area (TPSA) is 26.3 Å². The summed E-state index contributed by atoms with van der Waals surface area (Å²) < 4.78 is 5.27. The molecule has 0 aromatic heterocycles. The van der Waals surface area contributed by atoms with Crippen molar-refractivity contribution in [2.24, 2.45) is 0 Å². The zero-order valence-corrected chi connectivity index (χ0v) is 18.4. The lowest BCUT2D eigenvalue weighted by Gasteiger charge is -2.42. The molecule has 0 atom stereocenters. The fraction of sp³-hybridized carbons (Fsp3) is 0.400. The van der Waals surface area contributed by atoms with Crippen LogP contribution >= 0.6 is 11.8 Å². The molecule has 0 spiro atoms. The number of thioether (sulfide) groups is 1. The van der Waals surface area contributed by atoms with Crippen molar-refractivity contribution in [2.75, 3.05) is 6.61 Å². The van der Waals surface area contributed by atoms with Gasteiger partial charge in [-0.15, -0.1) is 11.8 Å². The summed E-state index contributed by atoms with van der Waals surface area (Å²) in [6.07, 6.45) is 1.14. The first-order valence-corrected chi connectivity index (χ1v) is 10.6. The maximum atomic E-state index is 11.8. The summed E-state index contributed by atoms with van der Waals surface area (Å²) in [7, 11) is 0. The molecule has 0 saturated heterocycles. The number of carbonyl (C=O) groups is 1. The van der Waals surface area contributed by atoms with Crippen LogP contribution < -0.4 is 0 Å². The molecule has 28 heavy (non-hydrogen) atoms. The van der Waals surface area contributed by atoms with Crippen LogP contribution in [0.2, 0.25) is 0 Å². The molecule has 0 saturated carbocycles. The molecule has 1 aliphatic heterocycles. The van der Waals surface area contributed by atoms with Crippen molar-refractivity contribution >= 4 is 17.7 Å². The third-order valence-corrected chi connectivity index (χ3v) is 6.30. The number of hydrogen-bond acceptors (Lipinski definition) is 3. The molecule has 1 aliphatic rings. The van der Waals surface area contributed by atoms with Gasteiger partial charge in [0.2, 0.25) is 0 Å². The average Bonchev–Trinajstić information content (AvgIpc) is 2.59. The van der Waals surface area contributed by atoms with E-state index in [0.29, 0.717) is 12.2 Å². The van der Waals surface area contributed by atoms with Gasteiger partial charge in [0.05, 0.1) is 12.2 Å². The third-order valence-electron chi connectivity index (χ3n) is 5.05. The second-order valence-corrected chi connectivity index (χ2v) is 10.4. The summed E-state index contributed by atoms with van der Waals surface area (Å²) in [5.41, 5.74) is 5.25. The van der Waals surface area contributed by atoms with Crippen LogP contribution in [0.5, 0.6) is 0 Å². The lowest BCUT2D eigenvalue weighted by Crippen LogP contribution is -2.33. The van der Waals surface area contributed by atoms with Gasteiger partial charge in [-0.05, 0) is 73.2 Å². The van der Waals surface area contributed by atoms with Crippen molar-refractivity contribution in [2.45, 2.75) is 63.0 Å². The minimum atomic E-state index is -0.296. The van der Waals surface area contributed by atoms with Crippen molar-refractivity contribution in [1.82, 2.24) is 0 Å². The highest BCUT2D eigenvalue weighted by Gasteiger charge is 2.38. The molecule has 0 unspecified atom stereocenters. The van der Waals surface area contributed by atoms with Gasteiger partial charge in [-0.3, -0.25) is 0 Å². The first-order chi connectivity index (χ1) is 13.1. The monoisotopic (exact) mass is 392 g/mol. The van der Waals surface area contributed by atoms with Gasteiger partial charge in [-0.2, -0.15) is 0 Å². The predicted octanol–water partition coefficient (Wildman–Crippen LogP) is 6.12. The zero-order chi connectivity index (χ0) is 20.5. The summed E-state index contributed by atoms with van der Waals surface area (Å²) in [4.78, 5) is 13.1. The van der Waals surface area contributed by atoms with Crippen LogP contribution in [0.25, 0.3) is 0 Å². The lowest BCUT2D eigenvalue weighted by molar-refractivity contribution is 0.0526. The van der Waals surface area contributed by atoms with Crippen molar-refractivity contribution in [3.05, 3.63) is 64.2 Å². The van der Waals surface area contributed by atoms with E-state index in [1.54, 1.807) is 19.1 Å². The van der Waals surface area contributed by atoms with E-state index in [9.17, 15) is 4.79 Å². The molecule has 0 radical (unpaired) electrons. The van der Waals surface area contributed by atoms with E-state index in [0.717, 1.165) is 17.5 Å². The Morgan fingerprint density at radius 1 is 1.11 bits per heavy atom. The second kappa shape index (κ2) is 7.68. The van der Waals surface area contributed by atoms with Gasteiger partial charge in [-0.1, -0.05) is 39.5 Å². The molecule has 3 heteroatoms. The molecule has 0 N–H and O–H groups in total. The molecule has 2 aromatic carbocycles.